The Hall–Kier alpha value is -2.17. The van der Waals surface area contributed by atoms with Crippen molar-refractivity contribution in [2.75, 3.05) is 0 Å². The summed E-state index contributed by atoms with van der Waals surface area (Å²) in [5, 5.41) is 9.33. The number of carboxylic acids is 1. The summed E-state index contributed by atoms with van der Waals surface area (Å²) in [5.74, 6) is -1.75. The molecule has 0 spiro atoms. The van der Waals surface area contributed by atoms with Crippen molar-refractivity contribution in [1.29, 1.82) is 0 Å². The molecule has 1 saturated carbocycles. The molecule has 0 radical (unpaired) electrons. The van der Waals surface area contributed by atoms with Crippen LogP contribution in [0, 0.1) is 5.82 Å². The molecule has 0 amide bonds. The second kappa shape index (κ2) is 4.66. The van der Waals surface area contributed by atoms with Gasteiger partial charge in [0.05, 0.1) is 5.52 Å². The first-order valence-corrected chi connectivity index (χ1v) is 7.32. The van der Waals surface area contributed by atoms with Crippen molar-refractivity contribution in [3.8, 4) is 0 Å². The predicted molar refractivity (Wildman–Crippen MR) is 82.1 cm³/mol. The highest BCUT2D eigenvalue weighted by molar-refractivity contribution is 5.93. The molecule has 5 heteroatoms. The number of aromatic nitrogens is 1. The van der Waals surface area contributed by atoms with Crippen LogP contribution in [0.3, 0.4) is 0 Å². The number of carbonyl (C=O) groups is 1. The highest BCUT2D eigenvalue weighted by atomic mass is 19.1. The number of hydrogen-bond acceptors (Lipinski definition) is 2. The van der Waals surface area contributed by atoms with Gasteiger partial charge in [0.1, 0.15) is 11.4 Å². The van der Waals surface area contributed by atoms with Gasteiger partial charge in [0.2, 0.25) is 5.43 Å². The lowest BCUT2D eigenvalue weighted by Gasteiger charge is -2.21. The Morgan fingerprint density at radius 2 is 1.95 bits per heavy atom. The Bertz CT molecular complexity index is 842. The van der Waals surface area contributed by atoms with Gasteiger partial charge in [-0.05, 0) is 36.0 Å². The third-order valence-corrected chi connectivity index (χ3v) is 4.10. The maximum Gasteiger partial charge on any atom is 0.341 e. The van der Waals surface area contributed by atoms with Gasteiger partial charge in [0, 0.05) is 17.6 Å². The molecule has 1 fully saturated rings. The molecule has 116 valence electrons. The van der Waals surface area contributed by atoms with Crippen LogP contribution in [0.25, 0.3) is 10.9 Å². The topological polar surface area (TPSA) is 59.3 Å². The molecule has 1 aliphatic carbocycles. The average Bonchev–Trinajstić information content (AvgIpc) is 3.21. The molecule has 2 aromatic rings. The number of carboxylic acid groups (broad SMARTS) is 1. The van der Waals surface area contributed by atoms with E-state index in [1.54, 1.807) is 6.07 Å². The summed E-state index contributed by atoms with van der Waals surface area (Å²) in [6, 6.07) is 3.07. The van der Waals surface area contributed by atoms with Crippen LogP contribution in [0.2, 0.25) is 0 Å². The minimum Gasteiger partial charge on any atom is -0.477 e. The van der Waals surface area contributed by atoms with E-state index in [0.29, 0.717) is 11.1 Å². The Morgan fingerprint density at radius 3 is 2.45 bits per heavy atom. The van der Waals surface area contributed by atoms with Crippen molar-refractivity contribution in [1.82, 2.24) is 4.57 Å². The van der Waals surface area contributed by atoms with E-state index >= 15 is 0 Å². The van der Waals surface area contributed by atoms with Crippen molar-refractivity contribution in [3.63, 3.8) is 0 Å². The summed E-state index contributed by atoms with van der Waals surface area (Å²) < 4.78 is 16.2. The van der Waals surface area contributed by atoms with E-state index in [9.17, 15) is 19.1 Å². The van der Waals surface area contributed by atoms with Gasteiger partial charge in [-0.15, -0.1) is 0 Å². The normalized spacial score (nSPS) is 15.3. The van der Waals surface area contributed by atoms with Gasteiger partial charge in [-0.2, -0.15) is 0 Å². The fourth-order valence-electron chi connectivity index (χ4n) is 2.75. The third-order valence-electron chi connectivity index (χ3n) is 4.10. The predicted octanol–water partition coefficient (Wildman–Crippen LogP) is 3.47. The van der Waals surface area contributed by atoms with Crippen LogP contribution in [0.15, 0.2) is 23.1 Å². The Balaban J connectivity index is 2.42. The molecule has 0 unspecified atom stereocenters. The van der Waals surface area contributed by atoms with E-state index in [1.165, 1.54) is 12.3 Å². The Labute approximate surface area is 127 Å². The zero-order valence-electron chi connectivity index (χ0n) is 12.8. The van der Waals surface area contributed by atoms with E-state index < -0.39 is 22.6 Å². The molecule has 3 rings (SSSR count). The highest BCUT2D eigenvalue weighted by Gasteiger charge is 2.28. The molecule has 4 nitrogen and oxygen atoms in total. The van der Waals surface area contributed by atoms with Crippen molar-refractivity contribution >= 4 is 16.9 Å². The first-order valence-electron chi connectivity index (χ1n) is 7.32. The zero-order chi connectivity index (χ0) is 16.2. The summed E-state index contributed by atoms with van der Waals surface area (Å²) in [6.45, 7) is 5.72. The maximum absolute atomic E-state index is 14.4. The monoisotopic (exact) mass is 303 g/mol. The molecule has 0 atom stereocenters. The number of fused-ring (bicyclic) bond motifs is 1. The van der Waals surface area contributed by atoms with Gasteiger partial charge >= 0.3 is 5.97 Å². The van der Waals surface area contributed by atoms with Gasteiger partial charge in [-0.3, -0.25) is 4.79 Å². The standard InChI is InChI=1S/C17H18FNO3/c1-17(2,3)12-7-14-10(6-13(12)18)15(20)11(16(21)22)8-19(14)9-4-5-9/h6-9H,4-5H2,1-3H3,(H,21,22). The van der Waals surface area contributed by atoms with Crippen LogP contribution in [0.1, 0.15) is 55.6 Å². The molecule has 0 aliphatic heterocycles. The molecule has 1 aromatic heterocycles. The lowest BCUT2D eigenvalue weighted by molar-refractivity contribution is 0.0695. The van der Waals surface area contributed by atoms with Gasteiger partial charge in [-0.1, -0.05) is 20.8 Å². The second-order valence-corrected chi connectivity index (χ2v) is 6.91. The number of hydrogen-bond donors (Lipinski definition) is 1. The number of nitrogens with zero attached hydrogens (tertiary/aromatic N) is 1. The molecule has 1 N–H and O–H groups in total. The summed E-state index contributed by atoms with van der Waals surface area (Å²) in [5.41, 5.74) is -0.185. The second-order valence-electron chi connectivity index (χ2n) is 6.91. The molecule has 22 heavy (non-hydrogen) atoms. The average molecular weight is 303 g/mol. The van der Waals surface area contributed by atoms with Crippen LogP contribution in [-0.4, -0.2) is 15.6 Å². The molecule has 1 heterocycles. The van der Waals surface area contributed by atoms with E-state index in [2.05, 4.69) is 0 Å². The van der Waals surface area contributed by atoms with Crippen LogP contribution >= 0.6 is 0 Å². The summed E-state index contributed by atoms with van der Waals surface area (Å²) in [4.78, 5) is 23.6. The van der Waals surface area contributed by atoms with E-state index in [4.69, 9.17) is 0 Å². The van der Waals surface area contributed by atoms with Crippen LogP contribution in [0.5, 0.6) is 0 Å². The third kappa shape index (κ3) is 2.30. The highest BCUT2D eigenvalue weighted by Crippen LogP contribution is 2.38. The Morgan fingerprint density at radius 1 is 1.32 bits per heavy atom. The van der Waals surface area contributed by atoms with Gasteiger partial charge in [-0.25, -0.2) is 9.18 Å². The first-order chi connectivity index (χ1) is 10.2. The van der Waals surface area contributed by atoms with Gasteiger partial charge < -0.3 is 9.67 Å². The molecule has 1 aromatic carbocycles. The fraction of sp³-hybridized carbons (Fsp3) is 0.412. The van der Waals surface area contributed by atoms with E-state index in [-0.39, 0.29) is 17.0 Å². The minimum absolute atomic E-state index is 0.136. The number of halogens is 1. The van der Waals surface area contributed by atoms with Crippen LogP contribution < -0.4 is 5.43 Å². The number of benzene rings is 1. The largest absolute Gasteiger partial charge is 0.477 e. The van der Waals surface area contributed by atoms with Crippen LogP contribution in [0.4, 0.5) is 4.39 Å². The molecule has 1 aliphatic rings. The van der Waals surface area contributed by atoms with Crippen molar-refractivity contribution in [3.05, 3.63) is 45.5 Å². The van der Waals surface area contributed by atoms with Gasteiger partial charge in [0.25, 0.3) is 0 Å². The van der Waals surface area contributed by atoms with E-state index in [0.717, 1.165) is 12.8 Å². The summed E-state index contributed by atoms with van der Waals surface area (Å²) >= 11 is 0. The van der Waals surface area contributed by atoms with Crippen molar-refractivity contribution < 1.29 is 14.3 Å². The zero-order valence-corrected chi connectivity index (χ0v) is 12.8. The van der Waals surface area contributed by atoms with Crippen molar-refractivity contribution in [2.24, 2.45) is 0 Å². The van der Waals surface area contributed by atoms with Crippen LogP contribution in [-0.2, 0) is 5.41 Å². The molecular weight excluding hydrogens is 285 g/mol. The maximum atomic E-state index is 14.4. The number of aromatic carboxylic acids is 1. The number of pyridine rings is 1. The first kappa shape index (κ1) is 14.8. The smallest absolute Gasteiger partial charge is 0.341 e. The SMILES string of the molecule is CC(C)(C)c1cc2c(cc1F)c(=O)c(C(=O)O)cn2C1CC1. The lowest BCUT2D eigenvalue weighted by Crippen LogP contribution is -2.20. The molecule has 0 bridgehead atoms. The van der Waals surface area contributed by atoms with E-state index in [1.807, 2.05) is 25.3 Å². The molecular formula is C17H18FNO3. The van der Waals surface area contributed by atoms with Crippen molar-refractivity contribution in [2.45, 2.75) is 45.1 Å². The fourth-order valence-corrected chi connectivity index (χ4v) is 2.75. The lowest BCUT2D eigenvalue weighted by atomic mass is 9.86. The number of rotatable bonds is 2. The minimum atomic E-state index is -1.28. The summed E-state index contributed by atoms with van der Waals surface area (Å²) in [7, 11) is 0. The quantitative estimate of drug-likeness (QED) is 0.924. The Kier molecular flexibility index (Phi) is 3.13. The summed E-state index contributed by atoms with van der Waals surface area (Å²) in [6.07, 6.45) is 3.29. The van der Waals surface area contributed by atoms with Gasteiger partial charge in [0.15, 0.2) is 0 Å². The molecule has 0 saturated heterocycles.